The standard InChI is InChI=1S/C30H35N5O4S2/c1-3-13-34-27(33-17-15-32(16-18-33)22-10-6-4-7-11-22)23(21(2)24(20-31)28(34)38)19-25-29(39)35(30(40)41-25)14-9-5-8-12-26(36)37/h4,6-7,10-11,19H,3,5,8-9,12-18H2,1-2H3,(H,36,37). The number of aromatic nitrogens is 1. The fourth-order valence-corrected chi connectivity index (χ4v) is 6.57. The average Bonchev–Trinajstić information content (AvgIpc) is 3.23. The first-order valence-corrected chi connectivity index (χ1v) is 15.2. The lowest BCUT2D eigenvalue weighted by Gasteiger charge is -2.39. The number of benzene rings is 1. The molecule has 2 fully saturated rings. The van der Waals surface area contributed by atoms with Gasteiger partial charge in [-0.2, -0.15) is 5.26 Å². The van der Waals surface area contributed by atoms with Crippen molar-refractivity contribution in [2.24, 2.45) is 0 Å². The molecule has 4 rings (SSSR count). The van der Waals surface area contributed by atoms with Gasteiger partial charge in [0.25, 0.3) is 11.5 Å². The molecule has 0 bridgehead atoms. The topological polar surface area (TPSA) is 110 Å². The van der Waals surface area contributed by atoms with Gasteiger partial charge >= 0.3 is 5.97 Å². The van der Waals surface area contributed by atoms with E-state index in [1.165, 1.54) is 11.8 Å². The Bertz CT molecular complexity index is 1440. The Hall–Kier alpha value is -3.62. The van der Waals surface area contributed by atoms with E-state index < -0.39 is 5.97 Å². The van der Waals surface area contributed by atoms with E-state index in [1.54, 1.807) is 22.5 Å². The fourth-order valence-electron chi connectivity index (χ4n) is 5.28. The minimum atomic E-state index is -0.827. The summed E-state index contributed by atoms with van der Waals surface area (Å²) < 4.78 is 2.15. The molecular formula is C30H35N5O4S2. The number of anilines is 2. The van der Waals surface area contributed by atoms with Gasteiger partial charge in [0.05, 0.1) is 4.91 Å². The number of pyridine rings is 1. The number of amides is 1. The van der Waals surface area contributed by atoms with Gasteiger partial charge in [-0.25, -0.2) is 0 Å². The molecule has 3 heterocycles. The SMILES string of the molecule is CCCn1c(N2CCN(c3ccccc3)CC2)c(C=C2SC(=S)N(CCCCCC(=O)O)C2=O)c(C)c(C#N)c1=O. The van der Waals surface area contributed by atoms with Crippen molar-refractivity contribution in [3.63, 3.8) is 0 Å². The number of piperazine rings is 1. The molecule has 2 saturated heterocycles. The van der Waals surface area contributed by atoms with Crippen LogP contribution in [0, 0.1) is 18.3 Å². The molecule has 0 saturated carbocycles. The van der Waals surface area contributed by atoms with Crippen molar-refractivity contribution in [1.29, 1.82) is 5.26 Å². The molecule has 0 unspecified atom stereocenters. The summed E-state index contributed by atoms with van der Waals surface area (Å²) in [5, 5.41) is 18.8. The summed E-state index contributed by atoms with van der Waals surface area (Å²) in [5.74, 6) is -0.295. The van der Waals surface area contributed by atoms with E-state index in [0.717, 1.165) is 24.6 Å². The van der Waals surface area contributed by atoms with Gasteiger partial charge in [-0.15, -0.1) is 0 Å². The zero-order valence-corrected chi connectivity index (χ0v) is 25.1. The number of thioether (sulfide) groups is 1. The molecule has 1 N–H and O–H groups in total. The summed E-state index contributed by atoms with van der Waals surface area (Å²) in [6, 6.07) is 12.3. The number of rotatable bonds is 11. The molecule has 1 amide bonds. The normalized spacial score (nSPS) is 16.5. The zero-order chi connectivity index (χ0) is 29.5. The second-order valence-corrected chi connectivity index (χ2v) is 11.8. The third-order valence-corrected chi connectivity index (χ3v) is 8.79. The molecule has 0 atom stereocenters. The van der Waals surface area contributed by atoms with Crippen LogP contribution in [0.3, 0.4) is 0 Å². The molecule has 11 heteroatoms. The van der Waals surface area contributed by atoms with Crippen LogP contribution in [0.4, 0.5) is 11.5 Å². The lowest BCUT2D eigenvalue weighted by Crippen LogP contribution is -2.48. The van der Waals surface area contributed by atoms with Crippen molar-refractivity contribution < 1.29 is 14.7 Å². The van der Waals surface area contributed by atoms with Gasteiger partial charge in [0, 0.05) is 56.9 Å². The van der Waals surface area contributed by atoms with Crippen LogP contribution in [-0.4, -0.2) is 63.5 Å². The number of nitriles is 1. The van der Waals surface area contributed by atoms with Crippen LogP contribution < -0.4 is 15.4 Å². The van der Waals surface area contributed by atoms with E-state index in [-0.39, 0.29) is 23.5 Å². The number of carbonyl (C=O) groups excluding carboxylic acids is 1. The Morgan fingerprint density at radius 2 is 1.76 bits per heavy atom. The fraction of sp³-hybridized carbons (Fsp3) is 0.433. The first-order valence-electron chi connectivity index (χ1n) is 14.0. The van der Waals surface area contributed by atoms with Crippen molar-refractivity contribution in [2.75, 3.05) is 42.5 Å². The van der Waals surface area contributed by atoms with Crippen LogP contribution >= 0.6 is 24.0 Å². The Morgan fingerprint density at radius 3 is 2.39 bits per heavy atom. The van der Waals surface area contributed by atoms with Gasteiger partial charge in [-0.05, 0) is 50.0 Å². The maximum absolute atomic E-state index is 13.5. The zero-order valence-electron chi connectivity index (χ0n) is 23.5. The van der Waals surface area contributed by atoms with Crippen molar-refractivity contribution in [3.05, 3.63) is 62.3 Å². The first-order chi connectivity index (χ1) is 19.8. The number of aliphatic carboxylic acids is 1. The van der Waals surface area contributed by atoms with Crippen molar-refractivity contribution in [1.82, 2.24) is 9.47 Å². The van der Waals surface area contributed by atoms with Crippen LogP contribution in [0.5, 0.6) is 0 Å². The predicted octanol–water partition coefficient (Wildman–Crippen LogP) is 4.61. The highest BCUT2D eigenvalue weighted by atomic mass is 32.2. The van der Waals surface area contributed by atoms with E-state index in [4.69, 9.17) is 17.3 Å². The maximum Gasteiger partial charge on any atom is 0.303 e. The Labute approximate surface area is 250 Å². The number of carboxylic acids is 1. The van der Waals surface area contributed by atoms with E-state index in [2.05, 4.69) is 28.0 Å². The third kappa shape index (κ3) is 6.82. The monoisotopic (exact) mass is 593 g/mol. The summed E-state index contributed by atoms with van der Waals surface area (Å²) in [7, 11) is 0. The van der Waals surface area contributed by atoms with Gasteiger partial charge in [-0.3, -0.25) is 23.9 Å². The Balaban J connectivity index is 1.66. The van der Waals surface area contributed by atoms with Gasteiger partial charge < -0.3 is 14.9 Å². The number of thiocarbonyl (C=S) groups is 1. The van der Waals surface area contributed by atoms with Gasteiger partial charge in [-0.1, -0.05) is 55.5 Å². The summed E-state index contributed by atoms with van der Waals surface area (Å²) in [4.78, 5) is 44.2. The number of carboxylic acid groups (broad SMARTS) is 1. The second kappa shape index (κ2) is 13.8. The van der Waals surface area contributed by atoms with Crippen LogP contribution in [-0.2, 0) is 16.1 Å². The first kappa shape index (κ1) is 30.3. The predicted molar refractivity (Wildman–Crippen MR) is 167 cm³/mol. The molecule has 216 valence electrons. The van der Waals surface area contributed by atoms with E-state index in [0.29, 0.717) is 72.2 Å². The highest BCUT2D eigenvalue weighted by Gasteiger charge is 2.33. The van der Waals surface area contributed by atoms with Crippen LogP contribution in [0.2, 0.25) is 0 Å². The molecule has 41 heavy (non-hydrogen) atoms. The minimum absolute atomic E-state index is 0.0882. The molecule has 2 aliphatic rings. The van der Waals surface area contributed by atoms with Crippen molar-refractivity contribution in [2.45, 2.75) is 52.5 Å². The van der Waals surface area contributed by atoms with Gasteiger partial charge in [0.1, 0.15) is 21.8 Å². The second-order valence-electron chi connectivity index (χ2n) is 10.2. The van der Waals surface area contributed by atoms with Gasteiger partial charge in [0.2, 0.25) is 0 Å². The van der Waals surface area contributed by atoms with Crippen LogP contribution in [0.15, 0.2) is 40.0 Å². The summed E-state index contributed by atoms with van der Waals surface area (Å²) in [5.41, 5.74) is 2.19. The summed E-state index contributed by atoms with van der Waals surface area (Å²) in [6.45, 7) is 7.56. The molecule has 0 aliphatic carbocycles. The number of para-hydroxylation sites is 1. The highest BCUT2D eigenvalue weighted by molar-refractivity contribution is 8.26. The van der Waals surface area contributed by atoms with E-state index in [9.17, 15) is 19.6 Å². The molecule has 0 radical (unpaired) electrons. The molecule has 2 aliphatic heterocycles. The van der Waals surface area contributed by atoms with E-state index in [1.807, 2.05) is 25.1 Å². The van der Waals surface area contributed by atoms with E-state index >= 15 is 0 Å². The number of carbonyl (C=O) groups is 2. The quantitative estimate of drug-likeness (QED) is 0.227. The lowest BCUT2D eigenvalue weighted by atomic mass is 10.0. The summed E-state index contributed by atoms with van der Waals surface area (Å²) >= 11 is 6.75. The lowest BCUT2D eigenvalue weighted by molar-refractivity contribution is -0.137. The molecule has 9 nitrogen and oxygen atoms in total. The number of unbranched alkanes of at least 4 members (excludes halogenated alkanes) is 2. The van der Waals surface area contributed by atoms with Crippen LogP contribution in [0.1, 0.15) is 55.7 Å². The van der Waals surface area contributed by atoms with Crippen molar-refractivity contribution in [3.8, 4) is 6.07 Å². The summed E-state index contributed by atoms with van der Waals surface area (Å²) in [6.07, 6.45) is 4.51. The molecule has 1 aromatic heterocycles. The number of hydrogen-bond acceptors (Lipinski definition) is 8. The molecular weight excluding hydrogens is 558 g/mol. The molecule has 2 aromatic rings. The molecule has 0 spiro atoms. The maximum atomic E-state index is 13.5. The minimum Gasteiger partial charge on any atom is -0.481 e. The van der Waals surface area contributed by atoms with Crippen molar-refractivity contribution >= 4 is 57.8 Å². The largest absolute Gasteiger partial charge is 0.481 e. The number of hydrogen-bond donors (Lipinski definition) is 1. The highest BCUT2D eigenvalue weighted by Crippen LogP contribution is 2.36. The Morgan fingerprint density at radius 1 is 1.07 bits per heavy atom. The van der Waals surface area contributed by atoms with Gasteiger partial charge in [0.15, 0.2) is 0 Å². The average molecular weight is 594 g/mol. The molecule has 1 aromatic carbocycles. The third-order valence-electron chi connectivity index (χ3n) is 7.42. The smallest absolute Gasteiger partial charge is 0.303 e. The number of nitrogens with zero attached hydrogens (tertiary/aromatic N) is 5. The van der Waals surface area contributed by atoms with Crippen LogP contribution in [0.25, 0.3) is 6.08 Å². The Kier molecular flexibility index (Phi) is 10.2.